The Balaban J connectivity index is 1.47. The molecule has 2 amide bonds. The lowest BCUT2D eigenvalue weighted by atomic mass is 10.0. The number of rotatable bonds is 9. The van der Waals surface area contributed by atoms with Gasteiger partial charge in [-0.15, -0.1) is 0 Å². The van der Waals surface area contributed by atoms with E-state index in [-0.39, 0.29) is 44.2 Å². The average Bonchev–Trinajstić information content (AvgIpc) is 3.37. The molecule has 0 spiro atoms. The minimum atomic E-state index is -4.06. The molecule has 2 aromatic carbocycles. The topological polar surface area (TPSA) is 144 Å². The molecule has 3 atom stereocenters. The zero-order chi connectivity index (χ0) is 32.2. The number of aromatic nitrogens is 1. The number of carbonyl (C=O) groups excluding carboxylic acids is 2. The summed E-state index contributed by atoms with van der Waals surface area (Å²) < 4.78 is 28.6. The third-order valence-corrected chi connectivity index (χ3v) is 9.48. The molecule has 1 saturated heterocycles. The Morgan fingerprint density at radius 3 is 2.39 bits per heavy atom. The molecule has 2 heterocycles. The summed E-state index contributed by atoms with van der Waals surface area (Å²) in [4.78, 5) is 30.2. The Kier molecular flexibility index (Phi) is 10.3. The molecule has 0 bridgehead atoms. The van der Waals surface area contributed by atoms with Crippen molar-refractivity contribution in [1.29, 1.82) is 5.26 Å². The average molecular weight is 658 g/mol. The van der Waals surface area contributed by atoms with Gasteiger partial charge in [0.25, 0.3) is 5.91 Å². The minimum absolute atomic E-state index is 0.0283. The van der Waals surface area contributed by atoms with Crippen LogP contribution in [0.25, 0.3) is 0 Å². The van der Waals surface area contributed by atoms with E-state index < -0.39 is 33.9 Å². The smallest absolute Gasteiger partial charge is 0.258 e. The van der Waals surface area contributed by atoms with Gasteiger partial charge >= 0.3 is 0 Å². The van der Waals surface area contributed by atoms with Gasteiger partial charge in [-0.3, -0.25) is 14.6 Å². The van der Waals surface area contributed by atoms with Gasteiger partial charge in [-0.2, -0.15) is 9.57 Å². The van der Waals surface area contributed by atoms with Gasteiger partial charge < -0.3 is 16.0 Å². The van der Waals surface area contributed by atoms with Crippen LogP contribution in [0.3, 0.4) is 0 Å². The van der Waals surface area contributed by atoms with Crippen LogP contribution in [0.5, 0.6) is 0 Å². The molecule has 1 aliphatic rings. The second-order valence-electron chi connectivity index (χ2n) is 11.7. The minimum Gasteiger partial charge on any atom is -0.352 e. The molecule has 1 fully saturated rings. The second kappa shape index (κ2) is 13.6. The van der Waals surface area contributed by atoms with Crippen LogP contribution in [0.4, 0.5) is 5.69 Å². The highest BCUT2D eigenvalue weighted by atomic mass is 35.5. The molecule has 1 aromatic heterocycles. The van der Waals surface area contributed by atoms with Gasteiger partial charge in [0.15, 0.2) is 0 Å². The fourth-order valence-corrected chi connectivity index (χ4v) is 7.42. The lowest BCUT2D eigenvalue weighted by Crippen LogP contribution is -2.58. The number of nitrogens with one attached hydrogen (secondary N) is 3. The van der Waals surface area contributed by atoms with E-state index in [4.69, 9.17) is 23.2 Å². The molecule has 44 heavy (non-hydrogen) atoms. The highest BCUT2D eigenvalue weighted by molar-refractivity contribution is 7.89. The van der Waals surface area contributed by atoms with Crippen LogP contribution < -0.4 is 16.0 Å². The highest BCUT2D eigenvalue weighted by Gasteiger charge is 2.46. The maximum atomic E-state index is 13.7. The van der Waals surface area contributed by atoms with E-state index in [2.05, 4.69) is 20.9 Å². The lowest BCUT2D eigenvalue weighted by molar-refractivity contribution is -0.125. The number of nitrogens with zero attached hydrogens (tertiary/aromatic N) is 3. The molecule has 1 aliphatic heterocycles. The summed E-state index contributed by atoms with van der Waals surface area (Å²) in [6, 6.07) is 13.2. The maximum absolute atomic E-state index is 13.7. The van der Waals surface area contributed by atoms with Gasteiger partial charge in [-0.25, -0.2) is 8.42 Å². The highest BCUT2D eigenvalue weighted by Crippen LogP contribution is 2.29. The summed E-state index contributed by atoms with van der Waals surface area (Å²) in [5, 5.41) is 18.7. The summed E-state index contributed by atoms with van der Waals surface area (Å²) in [6.45, 7) is 7.89. The van der Waals surface area contributed by atoms with Gasteiger partial charge in [-0.05, 0) is 76.4 Å². The van der Waals surface area contributed by atoms with Crippen molar-refractivity contribution in [2.75, 3.05) is 11.9 Å². The fourth-order valence-electron chi connectivity index (χ4n) is 5.19. The Hall–Kier alpha value is -3.53. The summed E-state index contributed by atoms with van der Waals surface area (Å²) >= 11 is 12.2. The number of carbonyl (C=O) groups is 2. The standard InChI is InChI=1S/C31H34Cl2N6O4S/c1-19(14-20-8-10-22(11-9-20)37-29(40)27-24(32)17-35-18-25(27)33)36-30(41)28-26(38-31(2,3)4)12-13-39(28)44(42,43)23-7-5-6-21(15-23)16-34/h5-11,15,17-19,26,28,38H,12-14H2,1-4H3,(H,36,41)(H,37,40)/t19-,26+,28+/m1/s1. The lowest BCUT2D eigenvalue weighted by Gasteiger charge is -2.32. The number of amides is 2. The predicted octanol–water partition coefficient (Wildman–Crippen LogP) is 4.78. The number of pyridine rings is 1. The Morgan fingerprint density at radius 2 is 1.77 bits per heavy atom. The van der Waals surface area contributed by atoms with Crippen molar-refractivity contribution in [3.8, 4) is 6.07 Å². The van der Waals surface area contributed by atoms with Crippen LogP contribution in [0.15, 0.2) is 65.8 Å². The Morgan fingerprint density at radius 1 is 1.11 bits per heavy atom. The van der Waals surface area contributed by atoms with Crippen LogP contribution in [0.2, 0.25) is 10.0 Å². The second-order valence-corrected chi connectivity index (χ2v) is 14.4. The molecule has 10 nitrogen and oxygen atoms in total. The van der Waals surface area contributed by atoms with E-state index in [9.17, 15) is 23.3 Å². The Bertz CT molecular complexity index is 1670. The third kappa shape index (κ3) is 7.94. The van der Waals surface area contributed by atoms with Gasteiger partial charge in [0.2, 0.25) is 15.9 Å². The molecule has 3 N–H and O–H groups in total. The van der Waals surface area contributed by atoms with Crippen molar-refractivity contribution in [3.63, 3.8) is 0 Å². The van der Waals surface area contributed by atoms with Crippen molar-refractivity contribution in [2.24, 2.45) is 0 Å². The SMILES string of the molecule is C[C@H](Cc1ccc(NC(=O)c2c(Cl)cncc2Cl)cc1)NC(=O)[C@@H]1[C@@H](NC(C)(C)C)CCN1S(=O)(=O)c1cccc(C#N)c1. The monoisotopic (exact) mass is 656 g/mol. The van der Waals surface area contributed by atoms with Crippen LogP contribution in [-0.2, 0) is 21.2 Å². The molecule has 3 aromatic rings. The first kappa shape index (κ1) is 33.4. The first-order valence-electron chi connectivity index (χ1n) is 14.0. The van der Waals surface area contributed by atoms with E-state index >= 15 is 0 Å². The zero-order valence-electron chi connectivity index (χ0n) is 24.8. The van der Waals surface area contributed by atoms with E-state index in [0.29, 0.717) is 18.5 Å². The largest absolute Gasteiger partial charge is 0.352 e. The van der Waals surface area contributed by atoms with E-state index in [1.54, 1.807) is 12.1 Å². The first-order chi connectivity index (χ1) is 20.7. The quantitative estimate of drug-likeness (QED) is 0.301. The molecule has 0 saturated carbocycles. The van der Waals surface area contributed by atoms with E-state index in [0.717, 1.165) is 5.56 Å². The predicted molar refractivity (Wildman–Crippen MR) is 170 cm³/mol. The molecule has 0 unspecified atom stereocenters. The molecule has 0 radical (unpaired) electrons. The number of sulfonamides is 1. The van der Waals surface area contributed by atoms with Crippen LogP contribution >= 0.6 is 23.2 Å². The van der Waals surface area contributed by atoms with Gasteiger partial charge in [0, 0.05) is 42.2 Å². The fraction of sp³-hybridized carbons (Fsp3) is 0.355. The number of anilines is 1. The van der Waals surface area contributed by atoms with Crippen molar-refractivity contribution in [2.45, 2.75) is 69.1 Å². The number of hydrogen-bond acceptors (Lipinski definition) is 7. The molecule has 232 valence electrons. The van der Waals surface area contributed by atoms with E-state index in [1.807, 2.05) is 45.9 Å². The van der Waals surface area contributed by atoms with E-state index in [1.165, 1.54) is 41.0 Å². The maximum Gasteiger partial charge on any atom is 0.258 e. The molecular formula is C31H34Cl2N6O4S. The summed E-state index contributed by atoms with van der Waals surface area (Å²) in [7, 11) is -4.06. The summed E-state index contributed by atoms with van der Waals surface area (Å²) in [6.07, 6.45) is 3.59. The van der Waals surface area contributed by atoms with Gasteiger partial charge in [0.05, 0.1) is 32.1 Å². The van der Waals surface area contributed by atoms with Crippen LogP contribution in [0, 0.1) is 11.3 Å². The van der Waals surface area contributed by atoms with Crippen LogP contribution in [0.1, 0.15) is 55.6 Å². The van der Waals surface area contributed by atoms with Crippen LogP contribution in [-0.4, -0.2) is 59.7 Å². The first-order valence-corrected chi connectivity index (χ1v) is 16.2. The normalized spacial score (nSPS) is 17.9. The molecular weight excluding hydrogens is 623 g/mol. The summed E-state index contributed by atoms with van der Waals surface area (Å²) in [5.41, 5.74) is 1.41. The number of halogens is 2. The molecule has 0 aliphatic carbocycles. The van der Waals surface area contributed by atoms with Gasteiger partial charge in [0.1, 0.15) is 6.04 Å². The summed E-state index contributed by atoms with van der Waals surface area (Å²) in [5.74, 6) is -0.878. The number of benzene rings is 2. The van der Waals surface area contributed by atoms with Crippen molar-refractivity contribution in [3.05, 3.63) is 87.7 Å². The van der Waals surface area contributed by atoms with Crippen molar-refractivity contribution < 1.29 is 18.0 Å². The third-order valence-electron chi connectivity index (χ3n) is 7.03. The molecule has 13 heteroatoms. The number of hydrogen-bond donors (Lipinski definition) is 3. The van der Waals surface area contributed by atoms with Crippen molar-refractivity contribution in [1.82, 2.24) is 19.9 Å². The number of nitriles is 1. The van der Waals surface area contributed by atoms with Gasteiger partial charge in [-0.1, -0.05) is 41.4 Å². The zero-order valence-corrected chi connectivity index (χ0v) is 27.1. The van der Waals surface area contributed by atoms with Crippen molar-refractivity contribution >= 4 is 50.7 Å². The molecule has 4 rings (SSSR count). The Labute approximate surface area is 267 Å².